The van der Waals surface area contributed by atoms with Gasteiger partial charge in [-0.15, -0.1) is 11.3 Å². The van der Waals surface area contributed by atoms with Gasteiger partial charge < -0.3 is 5.73 Å². The maximum atomic E-state index is 12.8. The molecule has 29 heavy (non-hydrogen) atoms. The molecule has 1 heterocycles. The van der Waals surface area contributed by atoms with E-state index >= 15 is 0 Å². The van der Waals surface area contributed by atoms with Crippen molar-refractivity contribution in [3.8, 4) is 0 Å². The van der Waals surface area contributed by atoms with Gasteiger partial charge >= 0.3 is 0 Å². The van der Waals surface area contributed by atoms with Crippen LogP contribution < -0.4 is 15.2 Å². The Labute approximate surface area is 182 Å². The Hall–Kier alpha value is -1.82. The van der Waals surface area contributed by atoms with E-state index in [1.54, 1.807) is 23.6 Å². The third kappa shape index (κ3) is 5.03. The zero-order chi connectivity index (χ0) is 21.2. The van der Waals surface area contributed by atoms with Crippen LogP contribution in [0.4, 0.5) is 11.4 Å². The molecule has 0 unspecified atom stereocenters. The lowest BCUT2D eigenvalue weighted by atomic mass is 10.2. The van der Waals surface area contributed by atoms with E-state index in [4.69, 9.17) is 28.9 Å². The first kappa shape index (κ1) is 21.9. The molecule has 154 valence electrons. The second kappa shape index (κ2) is 8.50. The van der Waals surface area contributed by atoms with Crippen molar-refractivity contribution in [2.45, 2.75) is 15.6 Å². The van der Waals surface area contributed by atoms with Crippen molar-refractivity contribution in [2.24, 2.45) is 5.73 Å². The molecule has 2 aromatic carbocycles. The smallest absolute Gasteiger partial charge is 0.271 e. The molecule has 0 aliphatic carbocycles. The van der Waals surface area contributed by atoms with Crippen molar-refractivity contribution >= 4 is 66.0 Å². The number of halogens is 2. The van der Waals surface area contributed by atoms with E-state index in [9.17, 15) is 16.8 Å². The topological polar surface area (TPSA) is 118 Å². The van der Waals surface area contributed by atoms with Gasteiger partial charge in [0.2, 0.25) is 0 Å². The quantitative estimate of drug-likeness (QED) is 0.459. The van der Waals surface area contributed by atoms with Crippen LogP contribution in [-0.4, -0.2) is 16.8 Å². The zero-order valence-corrected chi connectivity index (χ0v) is 18.6. The standard InChI is InChI=1S/C17H15Cl2N3O4S3/c18-13-8-15(21-28(23,24)12-4-1-3-11(7-12)10-20)16(9-14(13)19)22-29(25,26)17-5-2-6-27-17/h1-9,21-22H,10,20H2. The van der Waals surface area contributed by atoms with Crippen LogP contribution in [0.15, 0.2) is 63.0 Å². The van der Waals surface area contributed by atoms with Gasteiger partial charge in [-0.2, -0.15) is 0 Å². The number of nitrogens with two attached hydrogens (primary N) is 1. The third-order valence-corrected chi connectivity index (χ3v) is 8.60. The van der Waals surface area contributed by atoms with Crippen LogP contribution in [0.3, 0.4) is 0 Å². The molecular weight excluding hydrogens is 477 g/mol. The van der Waals surface area contributed by atoms with Crippen LogP contribution in [0, 0.1) is 0 Å². The molecule has 0 aliphatic rings. The van der Waals surface area contributed by atoms with E-state index in [1.807, 2.05) is 0 Å². The van der Waals surface area contributed by atoms with Gasteiger partial charge in [0.15, 0.2) is 0 Å². The van der Waals surface area contributed by atoms with Crippen molar-refractivity contribution in [3.05, 3.63) is 69.5 Å². The highest BCUT2D eigenvalue weighted by atomic mass is 35.5. The highest BCUT2D eigenvalue weighted by Gasteiger charge is 2.22. The largest absolute Gasteiger partial charge is 0.326 e. The first-order valence-electron chi connectivity index (χ1n) is 7.99. The second-order valence-corrected chi connectivity index (χ2v) is 11.2. The van der Waals surface area contributed by atoms with E-state index in [2.05, 4.69) is 9.44 Å². The van der Waals surface area contributed by atoms with Crippen molar-refractivity contribution in [1.29, 1.82) is 0 Å². The van der Waals surface area contributed by atoms with Gasteiger partial charge in [0, 0.05) is 6.54 Å². The molecule has 0 bridgehead atoms. The van der Waals surface area contributed by atoms with Gasteiger partial charge in [-0.25, -0.2) is 16.8 Å². The fourth-order valence-electron chi connectivity index (χ4n) is 2.37. The van der Waals surface area contributed by atoms with Crippen molar-refractivity contribution in [1.82, 2.24) is 0 Å². The van der Waals surface area contributed by atoms with Gasteiger partial charge in [-0.3, -0.25) is 9.44 Å². The van der Waals surface area contributed by atoms with Gasteiger partial charge in [0.25, 0.3) is 20.0 Å². The number of hydrogen-bond donors (Lipinski definition) is 3. The highest BCUT2D eigenvalue weighted by molar-refractivity contribution is 7.94. The van der Waals surface area contributed by atoms with Crippen LogP contribution in [-0.2, 0) is 26.6 Å². The minimum atomic E-state index is -4.05. The summed E-state index contributed by atoms with van der Waals surface area (Å²) in [6.07, 6.45) is 0. The molecular formula is C17H15Cl2N3O4S3. The summed E-state index contributed by atoms with van der Waals surface area (Å²) in [6, 6.07) is 11.6. The number of sulfonamides is 2. The Morgan fingerprint density at radius 3 is 2.03 bits per heavy atom. The number of rotatable bonds is 7. The first-order chi connectivity index (χ1) is 13.6. The van der Waals surface area contributed by atoms with Crippen LogP contribution in [0.5, 0.6) is 0 Å². The minimum Gasteiger partial charge on any atom is -0.326 e. The lowest BCUT2D eigenvalue weighted by molar-refractivity contribution is 0.599. The maximum absolute atomic E-state index is 12.8. The van der Waals surface area contributed by atoms with Gasteiger partial charge in [-0.1, -0.05) is 41.4 Å². The third-order valence-electron chi connectivity index (χ3n) is 3.75. The number of benzene rings is 2. The van der Waals surface area contributed by atoms with E-state index < -0.39 is 20.0 Å². The van der Waals surface area contributed by atoms with Crippen molar-refractivity contribution in [3.63, 3.8) is 0 Å². The van der Waals surface area contributed by atoms with Crippen LogP contribution in [0.25, 0.3) is 0 Å². The van der Waals surface area contributed by atoms with Gasteiger partial charge in [-0.05, 0) is 41.3 Å². The number of thiophene rings is 1. The summed E-state index contributed by atoms with van der Waals surface area (Å²) >= 11 is 13.0. The summed E-state index contributed by atoms with van der Waals surface area (Å²) in [5, 5.41) is 1.72. The monoisotopic (exact) mass is 491 g/mol. The summed E-state index contributed by atoms with van der Waals surface area (Å²) in [6.45, 7) is 0.169. The van der Waals surface area contributed by atoms with Crippen LogP contribution >= 0.6 is 34.5 Å². The summed E-state index contributed by atoms with van der Waals surface area (Å²) in [5.74, 6) is 0. The summed E-state index contributed by atoms with van der Waals surface area (Å²) in [4.78, 5) is -0.0291. The Bertz CT molecular complexity index is 1240. The normalized spacial score (nSPS) is 12.0. The van der Waals surface area contributed by atoms with E-state index in [0.717, 1.165) is 11.3 Å². The van der Waals surface area contributed by atoms with E-state index in [1.165, 1.54) is 30.3 Å². The predicted octanol–water partition coefficient (Wildman–Crippen LogP) is 4.12. The summed E-state index contributed by atoms with van der Waals surface area (Å²) in [5.41, 5.74) is 6.06. The van der Waals surface area contributed by atoms with Crippen molar-refractivity contribution < 1.29 is 16.8 Å². The SMILES string of the molecule is NCc1cccc(S(=O)(=O)Nc2cc(Cl)c(Cl)cc2NS(=O)(=O)c2cccs2)c1. The lowest BCUT2D eigenvalue weighted by Gasteiger charge is -2.15. The fraction of sp³-hybridized carbons (Fsp3) is 0.0588. The number of anilines is 2. The maximum Gasteiger partial charge on any atom is 0.271 e. The molecule has 0 atom stereocenters. The number of hydrogen-bond acceptors (Lipinski definition) is 6. The molecule has 3 rings (SSSR count). The van der Waals surface area contributed by atoms with E-state index in [0.29, 0.717) is 5.56 Å². The predicted molar refractivity (Wildman–Crippen MR) is 117 cm³/mol. The highest BCUT2D eigenvalue weighted by Crippen LogP contribution is 2.35. The molecule has 4 N–H and O–H groups in total. The molecule has 7 nitrogen and oxygen atoms in total. The molecule has 0 radical (unpaired) electrons. The average molecular weight is 492 g/mol. The van der Waals surface area contributed by atoms with Gasteiger partial charge in [0.05, 0.1) is 26.3 Å². The molecule has 12 heteroatoms. The minimum absolute atomic E-state index is 0.0291. The number of nitrogens with one attached hydrogen (secondary N) is 2. The molecule has 0 spiro atoms. The summed E-state index contributed by atoms with van der Waals surface area (Å²) in [7, 11) is -7.98. The van der Waals surface area contributed by atoms with E-state index in [-0.39, 0.29) is 37.1 Å². The molecule has 0 amide bonds. The second-order valence-electron chi connectivity index (χ2n) is 5.81. The first-order valence-corrected chi connectivity index (χ1v) is 12.6. The molecule has 1 aromatic heterocycles. The molecule has 0 saturated heterocycles. The molecule has 3 aromatic rings. The van der Waals surface area contributed by atoms with Crippen LogP contribution in [0.2, 0.25) is 10.0 Å². The Kier molecular flexibility index (Phi) is 6.42. The molecule has 0 aliphatic heterocycles. The Morgan fingerprint density at radius 2 is 1.48 bits per heavy atom. The average Bonchev–Trinajstić information content (AvgIpc) is 3.21. The lowest BCUT2D eigenvalue weighted by Crippen LogP contribution is -2.17. The molecule has 0 fully saturated rings. The van der Waals surface area contributed by atoms with Crippen LogP contribution in [0.1, 0.15) is 5.56 Å². The van der Waals surface area contributed by atoms with Gasteiger partial charge in [0.1, 0.15) is 4.21 Å². The van der Waals surface area contributed by atoms with Crippen molar-refractivity contribution in [2.75, 3.05) is 9.44 Å². The fourth-order valence-corrected chi connectivity index (χ4v) is 5.90. The Balaban J connectivity index is 2.02. The molecule has 0 saturated carbocycles. The zero-order valence-electron chi connectivity index (χ0n) is 14.6. The Morgan fingerprint density at radius 1 is 0.862 bits per heavy atom. The summed E-state index contributed by atoms with van der Waals surface area (Å²) < 4.78 is 55.5.